The summed E-state index contributed by atoms with van der Waals surface area (Å²) >= 11 is 0. The minimum Gasteiger partial charge on any atom is -0.339 e. The summed E-state index contributed by atoms with van der Waals surface area (Å²) in [5, 5.41) is 6.27. The number of carbonyl (C=O) groups excluding carboxylic acids is 2. The van der Waals surface area contributed by atoms with Gasteiger partial charge in [0.2, 0.25) is 5.91 Å². The maximum absolute atomic E-state index is 12.7. The third kappa shape index (κ3) is 6.19. The smallest absolute Gasteiger partial charge is 0.253 e. The van der Waals surface area contributed by atoms with Crippen LogP contribution in [0.25, 0.3) is 0 Å². The van der Waals surface area contributed by atoms with Crippen molar-refractivity contribution in [2.75, 3.05) is 38.5 Å². The van der Waals surface area contributed by atoms with E-state index < -0.39 is 0 Å². The number of anilines is 1. The zero-order valence-corrected chi connectivity index (χ0v) is 17.6. The van der Waals surface area contributed by atoms with Gasteiger partial charge in [-0.15, -0.1) is 12.4 Å². The average Bonchev–Trinajstić information content (AvgIpc) is 2.68. The first-order valence-corrected chi connectivity index (χ1v) is 9.61. The largest absolute Gasteiger partial charge is 0.339 e. The second-order valence-electron chi connectivity index (χ2n) is 6.85. The Bertz CT molecular complexity index is 622. The van der Waals surface area contributed by atoms with Gasteiger partial charge in [0.1, 0.15) is 0 Å². The van der Waals surface area contributed by atoms with E-state index in [4.69, 9.17) is 0 Å². The second-order valence-corrected chi connectivity index (χ2v) is 6.85. The van der Waals surface area contributed by atoms with Crippen molar-refractivity contribution in [3.05, 3.63) is 29.8 Å². The highest BCUT2D eigenvalue weighted by atomic mass is 35.5. The maximum Gasteiger partial charge on any atom is 0.253 e. The zero-order chi connectivity index (χ0) is 19.1. The van der Waals surface area contributed by atoms with Crippen molar-refractivity contribution >= 4 is 29.9 Å². The van der Waals surface area contributed by atoms with Crippen molar-refractivity contribution in [1.82, 2.24) is 15.1 Å². The molecule has 2 atom stereocenters. The molecule has 152 valence electrons. The van der Waals surface area contributed by atoms with Gasteiger partial charge in [-0.05, 0) is 65.4 Å². The van der Waals surface area contributed by atoms with Crippen LogP contribution in [-0.2, 0) is 4.79 Å². The van der Waals surface area contributed by atoms with Crippen LogP contribution in [0.4, 0.5) is 5.69 Å². The summed E-state index contributed by atoms with van der Waals surface area (Å²) < 4.78 is 0. The van der Waals surface area contributed by atoms with Crippen LogP contribution in [0.15, 0.2) is 24.3 Å². The quantitative estimate of drug-likeness (QED) is 0.743. The van der Waals surface area contributed by atoms with Gasteiger partial charge in [0, 0.05) is 36.9 Å². The SMILES string of the molecule is CCN(CC)C(=O)c1cccc(NC(=O)C(C)N2CCCC(NC)C2)c1.Cl. The number of nitrogens with one attached hydrogen (secondary N) is 2. The molecular formula is C20H33ClN4O2. The number of carbonyl (C=O) groups is 2. The molecule has 0 spiro atoms. The molecule has 1 aliphatic rings. The lowest BCUT2D eigenvalue weighted by Gasteiger charge is -2.35. The van der Waals surface area contributed by atoms with Crippen LogP contribution in [0.3, 0.4) is 0 Å². The first kappa shape index (κ1) is 23.4. The molecule has 7 heteroatoms. The Morgan fingerprint density at radius 1 is 1.30 bits per heavy atom. The Balaban J connectivity index is 0.00000364. The van der Waals surface area contributed by atoms with Gasteiger partial charge in [0.25, 0.3) is 5.91 Å². The monoisotopic (exact) mass is 396 g/mol. The molecule has 1 aromatic rings. The number of halogens is 1. The van der Waals surface area contributed by atoms with Gasteiger partial charge in [-0.25, -0.2) is 0 Å². The van der Waals surface area contributed by atoms with E-state index in [9.17, 15) is 9.59 Å². The maximum atomic E-state index is 12.7. The number of likely N-dealkylation sites (tertiary alicyclic amines) is 1. The Morgan fingerprint density at radius 2 is 2.00 bits per heavy atom. The van der Waals surface area contributed by atoms with Gasteiger partial charge in [-0.3, -0.25) is 14.5 Å². The lowest BCUT2D eigenvalue weighted by molar-refractivity contribution is -0.121. The number of piperidine rings is 1. The van der Waals surface area contributed by atoms with E-state index in [0.29, 0.717) is 30.4 Å². The number of likely N-dealkylation sites (N-methyl/N-ethyl adjacent to an activating group) is 1. The van der Waals surface area contributed by atoms with Crippen LogP contribution in [0.5, 0.6) is 0 Å². The third-order valence-electron chi connectivity index (χ3n) is 5.22. The van der Waals surface area contributed by atoms with Crippen LogP contribution in [-0.4, -0.2) is 66.9 Å². The molecule has 1 fully saturated rings. The molecule has 2 rings (SSSR count). The minimum absolute atomic E-state index is 0. The van der Waals surface area contributed by atoms with Crippen molar-refractivity contribution in [3.8, 4) is 0 Å². The topological polar surface area (TPSA) is 64.7 Å². The van der Waals surface area contributed by atoms with E-state index in [2.05, 4.69) is 15.5 Å². The molecular weight excluding hydrogens is 364 g/mol. The highest BCUT2D eigenvalue weighted by Gasteiger charge is 2.26. The number of nitrogens with zero attached hydrogens (tertiary/aromatic N) is 2. The number of amides is 2. The van der Waals surface area contributed by atoms with Crippen LogP contribution in [0.2, 0.25) is 0 Å². The Hall–Kier alpha value is -1.63. The summed E-state index contributed by atoms with van der Waals surface area (Å²) in [5.74, 6) is -0.0405. The number of rotatable bonds is 7. The van der Waals surface area contributed by atoms with Gasteiger partial charge in [-0.2, -0.15) is 0 Å². The highest BCUT2D eigenvalue weighted by Crippen LogP contribution is 2.16. The molecule has 2 unspecified atom stereocenters. The summed E-state index contributed by atoms with van der Waals surface area (Å²) in [6.07, 6.45) is 2.24. The number of benzene rings is 1. The van der Waals surface area contributed by atoms with E-state index in [1.54, 1.807) is 17.0 Å². The standard InChI is InChI=1S/C20H32N4O2.ClH/c1-5-23(6-2)20(26)16-9-7-10-17(13-16)22-19(25)15(3)24-12-8-11-18(14-24)21-4;/h7,9-10,13,15,18,21H,5-6,8,11-12,14H2,1-4H3,(H,22,25);1H. The normalized spacial score (nSPS) is 18.3. The zero-order valence-electron chi connectivity index (χ0n) is 16.8. The molecule has 1 aliphatic heterocycles. The minimum atomic E-state index is -0.201. The molecule has 0 radical (unpaired) electrons. The molecule has 2 amide bonds. The summed E-state index contributed by atoms with van der Waals surface area (Å²) in [6, 6.07) is 7.44. The summed E-state index contributed by atoms with van der Waals surface area (Å²) in [5.41, 5.74) is 1.27. The van der Waals surface area contributed by atoms with Gasteiger partial charge in [0.15, 0.2) is 0 Å². The fourth-order valence-electron chi connectivity index (χ4n) is 3.43. The van der Waals surface area contributed by atoms with E-state index in [1.165, 1.54) is 0 Å². The first-order chi connectivity index (χ1) is 12.5. The van der Waals surface area contributed by atoms with E-state index >= 15 is 0 Å². The molecule has 0 saturated carbocycles. The third-order valence-corrected chi connectivity index (χ3v) is 5.22. The fourth-order valence-corrected chi connectivity index (χ4v) is 3.43. The van der Waals surface area contributed by atoms with E-state index in [0.717, 1.165) is 25.9 Å². The van der Waals surface area contributed by atoms with Gasteiger partial charge >= 0.3 is 0 Å². The molecule has 1 heterocycles. The van der Waals surface area contributed by atoms with Crippen molar-refractivity contribution < 1.29 is 9.59 Å². The molecule has 6 nitrogen and oxygen atoms in total. The van der Waals surface area contributed by atoms with Gasteiger partial charge in [0.05, 0.1) is 6.04 Å². The Kier molecular flexibility index (Phi) is 9.77. The molecule has 2 N–H and O–H groups in total. The van der Waals surface area contributed by atoms with Gasteiger partial charge < -0.3 is 15.5 Å². The Labute approximate surface area is 169 Å². The average molecular weight is 397 g/mol. The first-order valence-electron chi connectivity index (χ1n) is 9.61. The summed E-state index contributed by atoms with van der Waals surface area (Å²) in [7, 11) is 1.97. The molecule has 0 aliphatic carbocycles. The van der Waals surface area contributed by atoms with E-state index in [-0.39, 0.29) is 30.3 Å². The van der Waals surface area contributed by atoms with Crippen molar-refractivity contribution in [2.45, 2.75) is 45.7 Å². The fraction of sp³-hybridized carbons (Fsp3) is 0.600. The predicted octanol–water partition coefficient (Wildman–Crippen LogP) is 2.60. The molecule has 1 saturated heterocycles. The molecule has 0 aromatic heterocycles. The summed E-state index contributed by atoms with van der Waals surface area (Å²) in [6.45, 7) is 9.03. The summed E-state index contributed by atoms with van der Waals surface area (Å²) in [4.78, 5) is 29.1. The number of hydrogen-bond donors (Lipinski definition) is 2. The van der Waals surface area contributed by atoms with Crippen LogP contribution < -0.4 is 10.6 Å². The second kappa shape index (κ2) is 11.3. The van der Waals surface area contributed by atoms with Crippen LogP contribution in [0, 0.1) is 0 Å². The van der Waals surface area contributed by atoms with Crippen LogP contribution >= 0.6 is 12.4 Å². The van der Waals surface area contributed by atoms with Crippen LogP contribution in [0.1, 0.15) is 44.0 Å². The number of hydrogen-bond acceptors (Lipinski definition) is 4. The molecule has 27 heavy (non-hydrogen) atoms. The highest BCUT2D eigenvalue weighted by molar-refractivity contribution is 5.98. The van der Waals surface area contributed by atoms with Crippen molar-refractivity contribution in [3.63, 3.8) is 0 Å². The lowest BCUT2D eigenvalue weighted by atomic mass is 10.0. The van der Waals surface area contributed by atoms with Crippen molar-refractivity contribution in [2.24, 2.45) is 0 Å². The van der Waals surface area contributed by atoms with Crippen molar-refractivity contribution in [1.29, 1.82) is 0 Å². The van der Waals surface area contributed by atoms with Gasteiger partial charge in [-0.1, -0.05) is 6.07 Å². The molecule has 1 aromatic carbocycles. The molecule has 0 bridgehead atoms. The Morgan fingerprint density at radius 3 is 2.63 bits per heavy atom. The van der Waals surface area contributed by atoms with E-state index in [1.807, 2.05) is 40.0 Å². The lowest BCUT2D eigenvalue weighted by Crippen LogP contribution is -2.51. The predicted molar refractivity (Wildman–Crippen MR) is 113 cm³/mol.